The predicted octanol–water partition coefficient (Wildman–Crippen LogP) is 1.99. The van der Waals surface area contributed by atoms with Gasteiger partial charge in [0, 0.05) is 19.7 Å². The largest absolute Gasteiger partial charge is 0.489 e. The normalized spacial score (nSPS) is 10.3. The van der Waals surface area contributed by atoms with Gasteiger partial charge in [-0.25, -0.2) is 4.39 Å². The molecular weight excluding hydrogens is 235 g/mol. The second kappa shape index (κ2) is 5.44. The van der Waals surface area contributed by atoms with E-state index < -0.39 is 5.82 Å². The molecule has 0 spiro atoms. The standard InChI is InChI=1S/C13H13FN2O2/c1-16-8-10(7-15-16)5-6-18-13-11(9-17)3-2-4-12(13)14/h2-4,7-9H,5-6H2,1H3. The summed E-state index contributed by atoms with van der Waals surface area (Å²) in [5, 5.41) is 4.02. The van der Waals surface area contributed by atoms with E-state index in [-0.39, 0.29) is 11.3 Å². The SMILES string of the molecule is Cn1cc(CCOc2c(F)cccc2C=O)cn1. The topological polar surface area (TPSA) is 44.1 Å². The van der Waals surface area contributed by atoms with Gasteiger partial charge in [0.05, 0.1) is 18.4 Å². The van der Waals surface area contributed by atoms with E-state index in [9.17, 15) is 9.18 Å². The van der Waals surface area contributed by atoms with E-state index in [0.717, 1.165) is 5.56 Å². The predicted molar refractivity (Wildman–Crippen MR) is 64.2 cm³/mol. The lowest BCUT2D eigenvalue weighted by molar-refractivity contribution is 0.111. The van der Waals surface area contributed by atoms with Crippen molar-refractivity contribution in [2.45, 2.75) is 6.42 Å². The van der Waals surface area contributed by atoms with Crippen LogP contribution in [-0.2, 0) is 13.5 Å². The first-order chi connectivity index (χ1) is 8.70. The van der Waals surface area contributed by atoms with Gasteiger partial charge in [0.25, 0.3) is 0 Å². The zero-order valence-electron chi connectivity index (χ0n) is 9.97. The number of halogens is 1. The molecule has 18 heavy (non-hydrogen) atoms. The van der Waals surface area contributed by atoms with Gasteiger partial charge in [0.15, 0.2) is 17.9 Å². The smallest absolute Gasteiger partial charge is 0.165 e. The molecule has 1 aromatic heterocycles. The fourth-order valence-electron chi connectivity index (χ4n) is 1.64. The summed E-state index contributed by atoms with van der Waals surface area (Å²) in [5.41, 5.74) is 1.22. The van der Waals surface area contributed by atoms with Crippen molar-refractivity contribution >= 4 is 6.29 Å². The molecule has 0 fully saturated rings. The Bertz CT molecular complexity index is 552. The van der Waals surface area contributed by atoms with Crippen molar-refractivity contribution < 1.29 is 13.9 Å². The van der Waals surface area contributed by atoms with Gasteiger partial charge in [-0.2, -0.15) is 5.10 Å². The van der Waals surface area contributed by atoms with Crippen LogP contribution in [0.5, 0.6) is 5.75 Å². The average Bonchev–Trinajstić information content (AvgIpc) is 2.77. The van der Waals surface area contributed by atoms with E-state index in [2.05, 4.69) is 5.10 Å². The summed E-state index contributed by atoms with van der Waals surface area (Å²) >= 11 is 0. The highest BCUT2D eigenvalue weighted by Crippen LogP contribution is 2.21. The number of carbonyl (C=O) groups excluding carboxylic acids is 1. The number of nitrogens with zero attached hydrogens (tertiary/aromatic N) is 2. The Balaban J connectivity index is 2.00. The van der Waals surface area contributed by atoms with E-state index in [4.69, 9.17) is 4.74 Å². The van der Waals surface area contributed by atoms with Crippen LogP contribution in [0.4, 0.5) is 4.39 Å². The third-order valence-electron chi connectivity index (χ3n) is 2.52. The number of rotatable bonds is 5. The molecule has 1 heterocycles. The highest BCUT2D eigenvalue weighted by molar-refractivity contribution is 5.79. The maximum Gasteiger partial charge on any atom is 0.165 e. The van der Waals surface area contributed by atoms with Crippen LogP contribution < -0.4 is 4.74 Å². The summed E-state index contributed by atoms with van der Waals surface area (Å²) in [6.07, 6.45) is 4.79. The number of aryl methyl sites for hydroxylation is 1. The Morgan fingerprint density at radius 2 is 2.33 bits per heavy atom. The highest BCUT2D eigenvalue weighted by Gasteiger charge is 2.09. The van der Waals surface area contributed by atoms with E-state index >= 15 is 0 Å². The second-order valence-corrected chi connectivity index (χ2v) is 3.90. The monoisotopic (exact) mass is 248 g/mol. The lowest BCUT2D eigenvalue weighted by atomic mass is 10.2. The number of benzene rings is 1. The average molecular weight is 248 g/mol. The van der Waals surface area contributed by atoms with Crippen molar-refractivity contribution in [3.63, 3.8) is 0 Å². The van der Waals surface area contributed by atoms with Crippen LogP contribution in [0.3, 0.4) is 0 Å². The van der Waals surface area contributed by atoms with Crippen LogP contribution >= 0.6 is 0 Å². The van der Waals surface area contributed by atoms with Crippen LogP contribution in [0.2, 0.25) is 0 Å². The maximum absolute atomic E-state index is 13.5. The quantitative estimate of drug-likeness (QED) is 0.760. The Labute approximate surface area is 104 Å². The fraction of sp³-hybridized carbons (Fsp3) is 0.231. The van der Waals surface area contributed by atoms with Crippen molar-refractivity contribution in [1.82, 2.24) is 9.78 Å². The summed E-state index contributed by atoms with van der Waals surface area (Å²) in [6, 6.07) is 4.27. The van der Waals surface area contributed by atoms with Gasteiger partial charge in [0.2, 0.25) is 0 Å². The van der Waals surface area contributed by atoms with Crippen LogP contribution in [0.1, 0.15) is 15.9 Å². The van der Waals surface area contributed by atoms with E-state index in [1.54, 1.807) is 10.9 Å². The van der Waals surface area contributed by atoms with Gasteiger partial charge >= 0.3 is 0 Å². The van der Waals surface area contributed by atoms with Crippen LogP contribution in [-0.4, -0.2) is 22.7 Å². The number of aldehydes is 1. The minimum atomic E-state index is -0.522. The van der Waals surface area contributed by atoms with Crippen molar-refractivity contribution in [1.29, 1.82) is 0 Å². The molecule has 2 rings (SSSR count). The minimum Gasteiger partial charge on any atom is -0.489 e. The first kappa shape index (κ1) is 12.3. The number of hydrogen-bond acceptors (Lipinski definition) is 3. The highest BCUT2D eigenvalue weighted by atomic mass is 19.1. The molecule has 1 aromatic carbocycles. The van der Waals surface area contributed by atoms with E-state index in [0.29, 0.717) is 19.3 Å². The molecule has 0 atom stereocenters. The second-order valence-electron chi connectivity index (χ2n) is 3.90. The van der Waals surface area contributed by atoms with Crippen LogP contribution in [0, 0.1) is 5.82 Å². The molecule has 0 aliphatic carbocycles. The van der Waals surface area contributed by atoms with E-state index in [1.165, 1.54) is 18.2 Å². The Kier molecular flexibility index (Phi) is 3.72. The Morgan fingerprint density at radius 1 is 1.50 bits per heavy atom. The summed E-state index contributed by atoms with van der Waals surface area (Å²) in [5.74, 6) is -0.512. The number of ether oxygens (including phenoxy) is 1. The first-order valence-electron chi connectivity index (χ1n) is 5.54. The zero-order valence-corrected chi connectivity index (χ0v) is 9.97. The third kappa shape index (κ3) is 2.74. The molecule has 0 saturated carbocycles. The fourth-order valence-corrected chi connectivity index (χ4v) is 1.64. The van der Waals surface area contributed by atoms with Crippen LogP contribution in [0.15, 0.2) is 30.6 Å². The molecule has 2 aromatic rings. The summed E-state index contributed by atoms with van der Waals surface area (Å²) in [6.45, 7) is 0.299. The molecule has 0 aliphatic rings. The van der Waals surface area contributed by atoms with Crippen molar-refractivity contribution in [2.75, 3.05) is 6.61 Å². The third-order valence-corrected chi connectivity index (χ3v) is 2.52. The maximum atomic E-state index is 13.5. The lowest BCUT2D eigenvalue weighted by Crippen LogP contribution is -2.04. The van der Waals surface area contributed by atoms with Gasteiger partial charge in [0.1, 0.15) is 0 Å². The molecule has 0 N–H and O–H groups in total. The zero-order chi connectivity index (χ0) is 13.0. The van der Waals surface area contributed by atoms with Gasteiger partial charge in [-0.1, -0.05) is 6.07 Å². The number of aromatic nitrogens is 2. The minimum absolute atomic E-state index is 0.0105. The number of hydrogen-bond donors (Lipinski definition) is 0. The van der Waals surface area contributed by atoms with Gasteiger partial charge in [-0.3, -0.25) is 9.48 Å². The summed E-state index contributed by atoms with van der Waals surface area (Å²) in [4.78, 5) is 10.8. The van der Waals surface area contributed by atoms with Gasteiger partial charge < -0.3 is 4.74 Å². The van der Waals surface area contributed by atoms with Gasteiger partial charge in [-0.15, -0.1) is 0 Å². The summed E-state index contributed by atoms with van der Waals surface area (Å²) in [7, 11) is 1.83. The van der Waals surface area contributed by atoms with Crippen molar-refractivity contribution in [3.05, 3.63) is 47.5 Å². The van der Waals surface area contributed by atoms with Crippen LogP contribution in [0.25, 0.3) is 0 Å². The van der Waals surface area contributed by atoms with E-state index in [1.807, 2.05) is 13.2 Å². The summed E-state index contributed by atoms with van der Waals surface area (Å²) < 4.78 is 20.5. The molecule has 0 radical (unpaired) electrons. The molecule has 0 amide bonds. The Hall–Kier alpha value is -2.17. The van der Waals surface area contributed by atoms with Gasteiger partial charge in [-0.05, 0) is 17.7 Å². The number of carbonyl (C=O) groups is 1. The van der Waals surface area contributed by atoms with Crippen molar-refractivity contribution in [2.24, 2.45) is 7.05 Å². The number of para-hydroxylation sites is 1. The van der Waals surface area contributed by atoms with Crippen molar-refractivity contribution in [3.8, 4) is 5.75 Å². The molecule has 0 saturated heterocycles. The first-order valence-corrected chi connectivity index (χ1v) is 5.54. The molecule has 94 valence electrons. The molecular formula is C13H13FN2O2. The molecule has 0 bridgehead atoms. The molecule has 5 heteroatoms. The molecule has 4 nitrogen and oxygen atoms in total. The Morgan fingerprint density at radius 3 is 3.00 bits per heavy atom. The molecule has 0 unspecified atom stereocenters. The molecule has 0 aliphatic heterocycles. The lowest BCUT2D eigenvalue weighted by Gasteiger charge is -2.08.